The van der Waals surface area contributed by atoms with E-state index in [-0.39, 0.29) is 6.03 Å². The van der Waals surface area contributed by atoms with Crippen molar-refractivity contribution in [3.05, 3.63) is 66.0 Å². The van der Waals surface area contributed by atoms with Gasteiger partial charge < -0.3 is 10.6 Å². The van der Waals surface area contributed by atoms with Crippen LogP contribution in [0.1, 0.15) is 30.5 Å². The minimum Gasteiger partial charge on any atom is -0.338 e. The molecule has 1 aromatic heterocycles. The van der Waals surface area contributed by atoms with E-state index in [9.17, 15) is 4.79 Å². The molecular formula is C18H23N3O. The van der Waals surface area contributed by atoms with Gasteiger partial charge in [0, 0.05) is 31.4 Å². The first-order valence-corrected chi connectivity index (χ1v) is 7.72. The maximum atomic E-state index is 11.7. The first kappa shape index (κ1) is 16.0. The number of carbonyl (C=O) groups is 1. The van der Waals surface area contributed by atoms with Crippen LogP contribution in [0.4, 0.5) is 4.79 Å². The summed E-state index contributed by atoms with van der Waals surface area (Å²) in [7, 11) is 0. The summed E-state index contributed by atoms with van der Waals surface area (Å²) >= 11 is 0. The Morgan fingerprint density at radius 3 is 2.50 bits per heavy atom. The van der Waals surface area contributed by atoms with Gasteiger partial charge in [0.25, 0.3) is 0 Å². The summed E-state index contributed by atoms with van der Waals surface area (Å²) in [6, 6.07) is 16.0. The maximum absolute atomic E-state index is 11.7. The third-order valence-electron chi connectivity index (χ3n) is 3.62. The third kappa shape index (κ3) is 5.56. The van der Waals surface area contributed by atoms with E-state index in [0.29, 0.717) is 19.0 Å². The lowest BCUT2D eigenvalue weighted by molar-refractivity contribution is 0.240. The fourth-order valence-electron chi connectivity index (χ4n) is 2.26. The summed E-state index contributed by atoms with van der Waals surface area (Å²) in [6.07, 6.45) is 3.44. The van der Waals surface area contributed by atoms with Crippen LogP contribution in [0.25, 0.3) is 0 Å². The minimum atomic E-state index is -0.115. The maximum Gasteiger partial charge on any atom is 0.314 e. The number of hydrogen-bond donors (Lipinski definition) is 2. The number of nitrogens with zero attached hydrogens (tertiary/aromatic N) is 1. The van der Waals surface area contributed by atoms with Gasteiger partial charge in [-0.25, -0.2) is 4.79 Å². The van der Waals surface area contributed by atoms with Crippen molar-refractivity contribution in [2.75, 3.05) is 13.1 Å². The molecule has 4 heteroatoms. The van der Waals surface area contributed by atoms with Gasteiger partial charge in [-0.1, -0.05) is 43.3 Å². The van der Waals surface area contributed by atoms with Gasteiger partial charge in [0.1, 0.15) is 0 Å². The normalized spacial score (nSPS) is 11.7. The van der Waals surface area contributed by atoms with Gasteiger partial charge in [0.15, 0.2) is 0 Å². The van der Waals surface area contributed by atoms with Crippen molar-refractivity contribution in [2.24, 2.45) is 0 Å². The summed E-state index contributed by atoms with van der Waals surface area (Å²) in [5.74, 6) is 0.440. The highest BCUT2D eigenvalue weighted by Crippen LogP contribution is 2.17. The largest absolute Gasteiger partial charge is 0.338 e. The number of urea groups is 1. The molecule has 2 amide bonds. The molecule has 2 aromatic rings. The van der Waals surface area contributed by atoms with Crippen LogP contribution in [0.3, 0.4) is 0 Å². The molecule has 1 heterocycles. The summed E-state index contributed by atoms with van der Waals surface area (Å²) in [6.45, 7) is 3.44. The van der Waals surface area contributed by atoms with E-state index >= 15 is 0 Å². The van der Waals surface area contributed by atoms with Crippen LogP contribution in [0.2, 0.25) is 0 Å². The molecule has 0 aliphatic heterocycles. The van der Waals surface area contributed by atoms with E-state index < -0.39 is 0 Å². The van der Waals surface area contributed by atoms with Crippen LogP contribution in [0.15, 0.2) is 54.7 Å². The van der Waals surface area contributed by atoms with Crippen molar-refractivity contribution in [1.82, 2.24) is 15.6 Å². The first-order valence-electron chi connectivity index (χ1n) is 7.72. The summed E-state index contributed by atoms with van der Waals surface area (Å²) in [5, 5.41) is 5.75. The molecule has 0 saturated heterocycles. The molecule has 2 rings (SSSR count). The van der Waals surface area contributed by atoms with Gasteiger partial charge >= 0.3 is 6.03 Å². The second kappa shape index (κ2) is 8.82. The van der Waals surface area contributed by atoms with Crippen LogP contribution in [-0.4, -0.2) is 24.1 Å². The van der Waals surface area contributed by atoms with Crippen molar-refractivity contribution in [3.8, 4) is 0 Å². The van der Waals surface area contributed by atoms with Crippen LogP contribution < -0.4 is 10.6 Å². The van der Waals surface area contributed by atoms with E-state index in [1.165, 1.54) is 5.56 Å². The predicted octanol–water partition coefficient (Wildman–Crippen LogP) is 3.12. The molecule has 22 heavy (non-hydrogen) atoms. The molecule has 1 aromatic carbocycles. The Kier molecular flexibility index (Phi) is 6.42. The van der Waals surface area contributed by atoms with E-state index in [1.54, 1.807) is 6.20 Å². The lowest BCUT2D eigenvalue weighted by Crippen LogP contribution is -2.37. The molecule has 0 spiro atoms. The van der Waals surface area contributed by atoms with Crippen molar-refractivity contribution >= 4 is 6.03 Å². The van der Waals surface area contributed by atoms with Crippen molar-refractivity contribution in [2.45, 2.75) is 25.7 Å². The van der Waals surface area contributed by atoms with Crippen molar-refractivity contribution in [1.29, 1.82) is 0 Å². The van der Waals surface area contributed by atoms with Gasteiger partial charge in [-0.15, -0.1) is 0 Å². The summed E-state index contributed by atoms with van der Waals surface area (Å²) in [5.41, 5.74) is 2.29. The predicted molar refractivity (Wildman–Crippen MR) is 88.8 cm³/mol. The number of carbonyl (C=O) groups excluding carboxylic acids is 1. The number of amides is 2. The van der Waals surface area contributed by atoms with Gasteiger partial charge in [-0.3, -0.25) is 4.98 Å². The van der Waals surface area contributed by atoms with Crippen LogP contribution in [0, 0.1) is 0 Å². The number of rotatable bonds is 7. The summed E-state index contributed by atoms with van der Waals surface area (Å²) < 4.78 is 0. The van der Waals surface area contributed by atoms with Crippen LogP contribution in [0.5, 0.6) is 0 Å². The Morgan fingerprint density at radius 2 is 1.77 bits per heavy atom. The third-order valence-corrected chi connectivity index (χ3v) is 3.62. The Balaban J connectivity index is 1.60. The van der Waals surface area contributed by atoms with E-state index in [2.05, 4.69) is 34.7 Å². The number of benzene rings is 1. The Hall–Kier alpha value is -2.36. The quantitative estimate of drug-likeness (QED) is 0.825. The fourth-order valence-corrected chi connectivity index (χ4v) is 2.26. The van der Waals surface area contributed by atoms with Gasteiger partial charge in [0.2, 0.25) is 0 Å². The molecule has 2 N–H and O–H groups in total. The van der Waals surface area contributed by atoms with Crippen LogP contribution >= 0.6 is 0 Å². The smallest absolute Gasteiger partial charge is 0.314 e. The van der Waals surface area contributed by atoms with Gasteiger partial charge in [-0.05, 0) is 30.0 Å². The molecule has 0 fully saturated rings. The second-order valence-corrected chi connectivity index (χ2v) is 5.35. The fraction of sp³-hybridized carbons (Fsp3) is 0.333. The number of hydrogen-bond acceptors (Lipinski definition) is 2. The number of nitrogens with one attached hydrogen (secondary N) is 2. The highest BCUT2D eigenvalue weighted by Gasteiger charge is 2.06. The zero-order valence-corrected chi connectivity index (χ0v) is 13.0. The van der Waals surface area contributed by atoms with E-state index in [0.717, 1.165) is 18.5 Å². The standard InChI is InChI=1S/C18H23N3O/c1-15(16-7-3-2-4-8-16)10-13-20-18(22)21-14-11-17-9-5-6-12-19-17/h2-9,12,15H,10-11,13-14H2,1H3,(H2,20,21,22). The average Bonchev–Trinajstić information content (AvgIpc) is 2.56. The minimum absolute atomic E-state index is 0.115. The van der Waals surface area contributed by atoms with Crippen molar-refractivity contribution < 1.29 is 4.79 Å². The molecule has 0 radical (unpaired) electrons. The Morgan fingerprint density at radius 1 is 1.05 bits per heavy atom. The molecular weight excluding hydrogens is 274 g/mol. The first-order chi connectivity index (χ1) is 10.8. The molecule has 1 unspecified atom stereocenters. The SMILES string of the molecule is CC(CCNC(=O)NCCc1ccccn1)c1ccccc1. The number of aromatic nitrogens is 1. The lowest BCUT2D eigenvalue weighted by Gasteiger charge is -2.13. The lowest BCUT2D eigenvalue weighted by atomic mass is 9.98. The van der Waals surface area contributed by atoms with E-state index in [4.69, 9.17) is 0 Å². The zero-order valence-electron chi connectivity index (χ0n) is 13.0. The zero-order chi connectivity index (χ0) is 15.6. The highest BCUT2D eigenvalue weighted by atomic mass is 16.2. The number of pyridine rings is 1. The average molecular weight is 297 g/mol. The molecule has 0 aliphatic carbocycles. The molecule has 0 bridgehead atoms. The van der Waals surface area contributed by atoms with E-state index in [1.807, 2.05) is 36.4 Å². The highest BCUT2D eigenvalue weighted by molar-refractivity contribution is 5.73. The molecule has 116 valence electrons. The van der Waals surface area contributed by atoms with Gasteiger partial charge in [0.05, 0.1) is 0 Å². The molecule has 0 aliphatic rings. The Labute approximate surface area is 132 Å². The molecule has 0 saturated carbocycles. The Bertz CT molecular complexity index is 557. The van der Waals surface area contributed by atoms with Crippen molar-refractivity contribution in [3.63, 3.8) is 0 Å². The topological polar surface area (TPSA) is 54.0 Å². The van der Waals surface area contributed by atoms with Gasteiger partial charge in [-0.2, -0.15) is 0 Å². The molecule has 1 atom stereocenters. The molecule has 4 nitrogen and oxygen atoms in total. The summed E-state index contributed by atoms with van der Waals surface area (Å²) in [4.78, 5) is 15.9. The van der Waals surface area contributed by atoms with Crippen LogP contribution in [-0.2, 0) is 6.42 Å². The monoisotopic (exact) mass is 297 g/mol. The second-order valence-electron chi connectivity index (χ2n) is 5.35.